The van der Waals surface area contributed by atoms with E-state index in [1.54, 1.807) is 0 Å². The quantitative estimate of drug-likeness (QED) is 0.284. The number of fused-ring (bicyclic) bond motifs is 3. The molecule has 202 valence electrons. The molecule has 3 aliphatic rings. The van der Waals surface area contributed by atoms with E-state index >= 15 is 0 Å². The Morgan fingerprint density at radius 2 is 2.19 bits per heavy atom. The van der Waals surface area contributed by atoms with Gasteiger partial charge in [-0.1, -0.05) is 11.8 Å². The second kappa shape index (κ2) is 10.6. The van der Waals surface area contributed by atoms with Crippen molar-refractivity contribution in [2.45, 2.75) is 69.0 Å². The molecular weight excluding hydrogens is 527 g/mol. The second-order valence-corrected chi connectivity index (χ2v) is 11.1. The van der Waals surface area contributed by atoms with Gasteiger partial charge in [0, 0.05) is 13.2 Å². The molecule has 16 heteroatoms. The fourth-order valence-electron chi connectivity index (χ4n) is 4.49. The van der Waals surface area contributed by atoms with E-state index in [1.807, 2.05) is 20.8 Å². The van der Waals surface area contributed by atoms with Crippen molar-refractivity contribution >= 4 is 49.7 Å². The molecule has 0 spiro atoms. The smallest absolute Gasteiger partial charge is 0.283 e. The number of nitrogens with zero attached hydrogens (tertiary/aromatic N) is 4. The molecule has 0 aromatic carbocycles. The molecule has 2 fully saturated rings. The first-order chi connectivity index (χ1) is 17.7. The van der Waals surface area contributed by atoms with Crippen molar-refractivity contribution < 1.29 is 33.2 Å². The Kier molecular flexibility index (Phi) is 7.56. The number of hydrogen-bond acceptors (Lipinski definition) is 11. The molecular formula is C21H29N6O8PS. The van der Waals surface area contributed by atoms with E-state index in [9.17, 15) is 19.5 Å². The Hall–Kier alpha value is -2.13. The Morgan fingerprint density at radius 3 is 2.95 bits per heavy atom. The fraction of sp³-hybridized carbons (Fsp3) is 0.667. The third-order valence-corrected chi connectivity index (χ3v) is 7.90. The molecule has 0 radical (unpaired) electrons. The maximum atomic E-state index is 13.1. The van der Waals surface area contributed by atoms with E-state index in [-0.39, 0.29) is 67.6 Å². The number of aromatic nitrogens is 4. The lowest BCUT2D eigenvalue weighted by Gasteiger charge is -2.24. The normalized spacial score (nSPS) is 25.9. The first-order valence-electron chi connectivity index (χ1n) is 11.9. The Morgan fingerprint density at radius 1 is 1.38 bits per heavy atom. The van der Waals surface area contributed by atoms with Crippen molar-refractivity contribution in [1.82, 2.24) is 24.4 Å². The third kappa shape index (κ3) is 5.26. The number of imidazole rings is 1. The zero-order chi connectivity index (χ0) is 26.3. The van der Waals surface area contributed by atoms with Gasteiger partial charge in [-0.05, 0) is 27.2 Å². The molecule has 2 amide bonds. The van der Waals surface area contributed by atoms with Crippen molar-refractivity contribution in [2.75, 3.05) is 30.8 Å². The Bertz CT molecular complexity index is 1270. The number of nitrogens with one attached hydrogen (secondary N) is 2. The van der Waals surface area contributed by atoms with Crippen molar-refractivity contribution in [3.8, 4) is 0 Å². The standard InChI is InChI=1S/C21H29N6O8PS/c1-4-32-21(2,3)5-6-22-12(29)9-37-20-24-13-16(25-19-23-11(28)7-26(19)17(13)31)27(20)18-14(30)15-10(34-18)8-33-36-35-15/h10,14-15,18,30,36H,4-9H2,1-3H3,(H,22,29)(H,23,25,28). The highest BCUT2D eigenvalue weighted by Crippen LogP contribution is 2.41. The van der Waals surface area contributed by atoms with Gasteiger partial charge < -0.3 is 28.9 Å². The van der Waals surface area contributed by atoms with Gasteiger partial charge in [-0.3, -0.25) is 28.8 Å². The summed E-state index contributed by atoms with van der Waals surface area (Å²) in [6, 6.07) is 0. The van der Waals surface area contributed by atoms with Crippen LogP contribution in [-0.4, -0.2) is 85.4 Å². The van der Waals surface area contributed by atoms with Gasteiger partial charge in [0.1, 0.15) is 24.9 Å². The van der Waals surface area contributed by atoms with Crippen LogP contribution in [0.4, 0.5) is 5.95 Å². The lowest BCUT2D eigenvalue weighted by Crippen LogP contribution is -2.37. The van der Waals surface area contributed by atoms with Crippen molar-refractivity contribution in [3.05, 3.63) is 10.4 Å². The average molecular weight is 557 g/mol. The van der Waals surface area contributed by atoms with Gasteiger partial charge in [-0.25, -0.2) is 4.98 Å². The molecule has 5 atom stereocenters. The summed E-state index contributed by atoms with van der Waals surface area (Å²) in [7, 11) is -0.223. The molecule has 37 heavy (non-hydrogen) atoms. The van der Waals surface area contributed by atoms with Crippen LogP contribution >= 0.6 is 20.8 Å². The van der Waals surface area contributed by atoms with Crippen LogP contribution in [0.25, 0.3) is 11.2 Å². The van der Waals surface area contributed by atoms with Crippen LogP contribution < -0.4 is 16.2 Å². The Balaban J connectivity index is 1.40. The maximum Gasteiger partial charge on any atom is 0.283 e. The molecule has 14 nitrogen and oxygen atoms in total. The zero-order valence-corrected chi connectivity index (χ0v) is 22.4. The lowest BCUT2D eigenvalue weighted by atomic mass is 10.1. The van der Waals surface area contributed by atoms with Crippen LogP contribution in [-0.2, 0) is 34.7 Å². The van der Waals surface area contributed by atoms with Crippen LogP contribution in [0.5, 0.6) is 0 Å². The van der Waals surface area contributed by atoms with E-state index < -0.39 is 30.1 Å². The van der Waals surface area contributed by atoms with Gasteiger partial charge in [0.15, 0.2) is 31.6 Å². The molecule has 5 unspecified atom stereocenters. The zero-order valence-electron chi connectivity index (χ0n) is 20.6. The van der Waals surface area contributed by atoms with Gasteiger partial charge in [0.25, 0.3) is 5.56 Å². The number of carbonyl (C=O) groups excluding carboxylic acids is 2. The monoisotopic (exact) mass is 556 g/mol. The minimum Gasteiger partial charge on any atom is -0.386 e. The predicted molar refractivity (Wildman–Crippen MR) is 134 cm³/mol. The first kappa shape index (κ1) is 26.5. The van der Waals surface area contributed by atoms with Crippen molar-refractivity contribution in [2.24, 2.45) is 0 Å². The molecule has 5 heterocycles. The molecule has 5 rings (SSSR count). The van der Waals surface area contributed by atoms with Gasteiger partial charge in [0.2, 0.25) is 17.8 Å². The third-order valence-electron chi connectivity index (χ3n) is 6.29. The topological polar surface area (TPSA) is 168 Å². The number of anilines is 1. The SMILES string of the molecule is CCOC(C)(C)CCNC(=O)CSc1nc2c(=O)n3c(nc2n1C1OC2COPOC2C1O)NC(=O)C3. The predicted octanol–water partition coefficient (Wildman–Crippen LogP) is 0.141. The largest absolute Gasteiger partial charge is 0.386 e. The van der Waals surface area contributed by atoms with E-state index in [1.165, 1.54) is 9.13 Å². The van der Waals surface area contributed by atoms with Gasteiger partial charge >= 0.3 is 0 Å². The summed E-state index contributed by atoms with van der Waals surface area (Å²) in [4.78, 5) is 46.5. The molecule has 0 aliphatic carbocycles. The minimum absolute atomic E-state index is 0.00587. The molecule has 2 aromatic heterocycles. The summed E-state index contributed by atoms with van der Waals surface area (Å²) in [6.45, 7) is 6.95. The van der Waals surface area contributed by atoms with Crippen LogP contribution in [0.2, 0.25) is 0 Å². The van der Waals surface area contributed by atoms with Crippen LogP contribution in [0.1, 0.15) is 33.4 Å². The molecule has 3 aliphatic heterocycles. The van der Waals surface area contributed by atoms with Crippen LogP contribution in [0, 0.1) is 0 Å². The van der Waals surface area contributed by atoms with Crippen molar-refractivity contribution in [3.63, 3.8) is 0 Å². The summed E-state index contributed by atoms with van der Waals surface area (Å²) in [5.74, 6) is -0.500. The van der Waals surface area contributed by atoms with Gasteiger partial charge in [-0.15, -0.1) is 0 Å². The molecule has 0 bridgehead atoms. The first-order valence-corrected chi connectivity index (χ1v) is 13.7. The summed E-state index contributed by atoms with van der Waals surface area (Å²) in [5.41, 5.74) is -0.726. The second-order valence-electron chi connectivity index (χ2n) is 9.43. The number of ether oxygens (including phenoxy) is 2. The molecule has 0 saturated carbocycles. The molecule has 2 saturated heterocycles. The highest BCUT2D eigenvalue weighted by molar-refractivity contribution is 7.99. The summed E-state index contributed by atoms with van der Waals surface area (Å²) >= 11 is 1.09. The lowest BCUT2D eigenvalue weighted by molar-refractivity contribution is -0.119. The van der Waals surface area contributed by atoms with Gasteiger partial charge in [0.05, 0.1) is 18.0 Å². The maximum absolute atomic E-state index is 13.1. The number of hydrogen-bond donors (Lipinski definition) is 3. The van der Waals surface area contributed by atoms with E-state index in [0.717, 1.165) is 11.8 Å². The number of aliphatic hydroxyl groups excluding tert-OH is 1. The highest BCUT2D eigenvalue weighted by Gasteiger charge is 2.49. The number of amides is 2. The van der Waals surface area contributed by atoms with E-state index in [2.05, 4.69) is 20.6 Å². The van der Waals surface area contributed by atoms with Crippen molar-refractivity contribution in [1.29, 1.82) is 0 Å². The Labute approximate surface area is 217 Å². The summed E-state index contributed by atoms with van der Waals surface area (Å²) in [6.07, 6.45) is -2.60. The van der Waals surface area contributed by atoms with E-state index in [0.29, 0.717) is 19.6 Å². The number of rotatable bonds is 9. The minimum atomic E-state index is -1.10. The van der Waals surface area contributed by atoms with Crippen LogP contribution in [0.15, 0.2) is 9.95 Å². The average Bonchev–Trinajstić information content (AvgIpc) is 3.50. The van der Waals surface area contributed by atoms with Crippen LogP contribution in [0.3, 0.4) is 0 Å². The summed E-state index contributed by atoms with van der Waals surface area (Å²) < 4.78 is 25.3. The highest BCUT2D eigenvalue weighted by atomic mass is 32.2. The van der Waals surface area contributed by atoms with Gasteiger partial charge in [-0.2, -0.15) is 4.98 Å². The molecule has 2 aromatic rings. The number of carbonyl (C=O) groups is 2. The molecule has 3 N–H and O–H groups in total. The van der Waals surface area contributed by atoms with E-state index in [4.69, 9.17) is 18.5 Å². The summed E-state index contributed by atoms with van der Waals surface area (Å²) in [5, 5.41) is 16.7. The fourth-order valence-corrected chi connectivity index (χ4v) is 6.04. The number of aliphatic hydroxyl groups is 1. The number of thioether (sulfide) groups is 1.